The summed E-state index contributed by atoms with van der Waals surface area (Å²) in [5, 5.41) is 4.46. The second kappa shape index (κ2) is 11.6. The molecule has 50 heavy (non-hydrogen) atoms. The van der Waals surface area contributed by atoms with Crippen LogP contribution in [0.4, 0.5) is 0 Å². The predicted molar refractivity (Wildman–Crippen MR) is 207 cm³/mol. The topological polar surface area (TPSA) is 51.8 Å². The first-order valence-electron chi connectivity index (χ1n) is 16.6. The molecule has 3 aromatic heterocycles. The monoisotopic (exact) mass is 657 g/mol. The number of furan rings is 1. The van der Waals surface area contributed by atoms with Gasteiger partial charge in [-0.2, -0.15) is 0 Å². The number of nitrogens with zero attached hydrogens (tertiary/aromatic N) is 3. The van der Waals surface area contributed by atoms with Crippen molar-refractivity contribution in [1.82, 2.24) is 15.0 Å². The summed E-state index contributed by atoms with van der Waals surface area (Å²) >= 11 is 1.80. The summed E-state index contributed by atoms with van der Waals surface area (Å²) in [6.45, 7) is 0. The van der Waals surface area contributed by atoms with Crippen LogP contribution in [0.25, 0.3) is 98.5 Å². The maximum atomic E-state index is 6.49. The molecular formula is C45H27N3OS. The minimum Gasteiger partial charge on any atom is -0.455 e. The first-order valence-corrected chi connectivity index (χ1v) is 17.4. The Morgan fingerprint density at radius 3 is 1.72 bits per heavy atom. The summed E-state index contributed by atoms with van der Waals surface area (Å²) < 4.78 is 8.90. The zero-order valence-electron chi connectivity index (χ0n) is 26.7. The van der Waals surface area contributed by atoms with Crippen LogP contribution in [-0.4, -0.2) is 15.0 Å². The molecule has 0 fully saturated rings. The van der Waals surface area contributed by atoms with Gasteiger partial charge in [0.15, 0.2) is 17.5 Å². The second-order valence-electron chi connectivity index (χ2n) is 12.4. The van der Waals surface area contributed by atoms with Gasteiger partial charge in [0.2, 0.25) is 0 Å². The predicted octanol–water partition coefficient (Wildman–Crippen LogP) is 12.5. The average Bonchev–Trinajstić information content (AvgIpc) is 3.77. The van der Waals surface area contributed by atoms with E-state index < -0.39 is 0 Å². The van der Waals surface area contributed by atoms with Crippen LogP contribution >= 0.6 is 11.3 Å². The number of rotatable bonds is 5. The summed E-state index contributed by atoms with van der Waals surface area (Å²) in [4.78, 5) is 15.7. The minimum atomic E-state index is 0.569. The SMILES string of the molecule is c1ccc(-c2cccc(-c3nc(-c4cccc5c4oc4ccccc45)nc(-c4cccc5sc6cccc(-c7ccccc7)c6c45)n3)c2)cc1. The number of hydrogen-bond acceptors (Lipinski definition) is 5. The van der Waals surface area contributed by atoms with Gasteiger partial charge in [-0.1, -0.05) is 133 Å². The van der Waals surface area contributed by atoms with Gasteiger partial charge in [0.25, 0.3) is 0 Å². The molecule has 10 aromatic rings. The number of fused-ring (bicyclic) bond motifs is 6. The van der Waals surface area contributed by atoms with Crippen molar-refractivity contribution in [2.24, 2.45) is 0 Å². The summed E-state index contributed by atoms with van der Waals surface area (Å²) in [5.41, 5.74) is 8.93. The van der Waals surface area contributed by atoms with Crippen molar-refractivity contribution in [2.75, 3.05) is 0 Å². The molecule has 3 heterocycles. The van der Waals surface area contributed by atoms with Crippen molar-refractivity contribution in [3.8, 4) is 56.4 Å². The molecule has 0 unspecified atom stereocenters. The lowest BCUT2D eigenvalue weighted by Crippen LogP contribution is -2.01. The molecule has 0 spiro atoms. The number of aromatic nitrogens is 3. The molecule has 234 valence electrons. The van der Waals surface area contributed by atoms with E-state index in [1.807, 2.05) is 30.3 Å². The molecule has 0 atom stereocenters. The summed E-state index contributed by atoms with van der Waals surface area (Å²) in [6, 6.07) is 56.8. The van der Waals surface area contributed by atoms with Gasteiger partial charge >= 0.3 is 0 Å². The van der Waals surface area contributed by atoms with E-state index in [0.29, 0.717) is 17.5 Å². The fourth-order valence-corrected chi connectivity index (χ4v) is 8.21. The molecule has 0 aliphatic rings. The van der Waals surface area contributed by atoms with Crippen molar-refractivity contribution in [3.63, 3.8) is 0 Å². The molecule has 0 amide bonds. The molecule has 0 bridgehead atoms. The van der Waals surface area contributed by atoms with Crippen molar-refractivity contribution >= 4 is 53.4 Å². The molecule has 0 saturated heterocycles. The van der Waals surface area contributed by atoms with Crippen molar-refractivity contribution in [3.05, 3.63) is 164 Å². The van der Waals surface area contributed by atoms with Crippen LogP contribution in [0.2, 0.25) is 0 Å². The summed E-state index contributed by atoms with van der Waals surface area (Å²) in [7, 11) is 0. The zero-order valence-corrected chi connectivity index (χ0v) is 27.6. The zero-order chi connectivity index (χ0) is 33.0. The maximum absolute atomic E-state index is 6.49. The highest BCUT2D eigenvalue weighted by Gasteiger charge is 2.21. The van der Waals surface area contributed by atoms with E-state index >= 15 is 0 Å². The number of benzene rings is 7. The lowest BCUT2D eigenvalue weighted by atomic mass is 9.97. The lowest BCUT2D eigenvalue weighted by molar-refractivity contribution is 0.669. The van der Waals surface area contributed by atoms with Gasteiger partial charge in [0.1, 0.15) is 11.2 Å². The third-order valence-corrected chi connectivity index (χ3v) is 10.5. The largest absolute Gasteiger partial charge is 0.455 e. The molecule has 0 saturated carbocycles. The van der Waals surface area contributed by atoms with E-state index in [1.54, 1.807) is 11.3 Å². The number of thiophene rings is 1. The Morgan fingerprint density at radius 1 is 0.380 bits per heavy atom. The van der Waals surface area contributed by atoms with E-state index in [9.17, 15) is 0 Å². The smallest absolute Gasteiger partial charge is 0.167 e. The van der Waals surface area contributed by atoms with Crippen LogP contribution in [-0.2, 0) is 0 Å². The van der Waals surface area contributed by atoms with E-state index in [-0.39, 0.29) is 0 Å². The van der Waals surface area contributed by atoms with Gasteiger partial charge in [0, 0.05) is 42.1 Å². The highest BCUT2D eigenvalue weighted by Crippen LogP contribution is 2.44. The third kappa shape index (κ3) is 4.71. The van der Waals surface area contributed by atoms with Gasteiger partial charge in [-0.25, -0.2) is 15.0 Å². The quantitative estimate of drug-likeness (QED) is 0.185. The highest BCUT2D eigenvalue weighted by molar-refractivity contribution is 7.26. The van der Waals surface area contributed by atoms with Gasteiger partial charge in [0.05, 0.1) is 5.56 Å². The molecule has 7 aromatic carbocycles. The molecule has 10 rings (SSSR count). The second-order valence-corrected chi connectivity index (χ2v) is 13.4. The van der Waals surface area contributed by atoms with Crippen LogP contribution in [0.5, 0.6) is 0 Å². The Labute approximate surface area is 292 Å². The fourth-order valence-electron chi connectivity index (χ4n) is 7.05. The van der Waals surface area contributed by atoms with Gasteiger partial charge in [-0.3, -0.25) is 0 Å². The van der Waals surface area contributed by atoms with Crippen molar-refractivity contribution in [2.45, 2.75) is 0 Å². The van der Waals surface area contributed by atoms with Crippen LogP contribution in [0.3, 0.4) is 0 Å². The Bertz CT molecular complexity index is 2870. The normalized spacial score (nSPS) is 11.6. The van der Waals surface area contributed by atoms with Crippen LogP contribution in [0.1, 0.15) is 0 Å². The Morgan fingerprint density at radius 2 is 0.920 bits per heavy atom. The Kier molecular flexibility index (Phi) is 6.64. The van der Waals surface area contributed by atoms with Crippen molar-refractivity contribution < 1.29 is 4.42 Å². The van der Waals surface area contributed by atoms with Gasteiger partial charge < -0.3 is 4.42 Å². The van der Waals surface area contributed by atoms with Crippen LogP contribution < -0.4 is 0 Å². The first kappa shape index (κ1) is 28.6. The third-order valence-electron chi connectivity index (χ3n) is 9.36. The molecule has 0 aliphatic heterocycles. The minimum absolute atomic E-state index is 0.569. The van der Waals surface area contributed by atoms with Crippen molar-refractivity contribution in [1.29, 1.82) is 0 Å². The van der Waals surface area contributed by atoms with E-state index in [0.717, 1.165) is 55.1 Å². The molecule has 5 heteroatoms. The Hall–Kier alpha value is -6.43. The average molecular weight is 658 g/mol. The number of hydrogen-bond donors (Lipinski definition) is 0. The molecular weight excluding hydrogens is 631 g/mol. The van der Waals surface area contributed by atoms with E-state index in [4.69, 9.17) is 19.4 Å². The van der Waals surface area contributed by atoms with E-state index in [2.05, 4.69) is 133 Å². The fraction of sp³-hybridized carbons (Fsp3) is 0. The summed E-state index contributed by atoms with van der Waals surface area (Å²) in [6.07, 6.45) is 0. The summed E-state index contributed by atoms with van der Waals surface area (Å²) in [5.74, 6) is 1.80. The maximum Gasteiger partial charge on any atom is 0.167 e. The molecule has 0 radical (unpaired) electrons. The molecule has 0 aliphatic carbocycles. The van der Waals surface area contributed by atoms with Gasteiger partial charge in [-0.15, -0.1) is 11.3 Å². The molecule has 4 nitrogen and oxygen atoms in total. The standard InChI is InChI=1S/C45H27N3OS/c1-3-13-28(14-4-1)30-17-9-18-31(27-30)43-46-44(48-45(47-43)36-23-10-21-34-33-19-7-8-24-37(33)49-42(34)36)35-22-12-26-39-41(35)40-32(20-11-25-38(40)50-39)29-15-5-2-6-16-29/h1-27H. The number of para-hydroxylation sites is 2. The lowest BCUT2D eigenvalue weighted by Gasteiger charge is -2.11. The Balaban J connectivity index is 1.26. The molecule has 0 N–H and O–H groups in total. The first-order chi connectivity index (χ1) is 24.8. The van der Waals surface area contributed by atoms with Gasteiger partial charge in [-0.05, 0) is 52.6 Å². The van der Waals surface area contributed by atoms with E-state index in [1.165, 1.54) is 25.9 Å². The highest BCUT2D eigenvalue weighted by atomic mass is 32.1. The van der Waals surface area contributed by atoms with Crippen LogP contribution in [0, 0.1) is 0 Å². The van der Waals surface area contributed by atoms with Crippen LogP contribution in [0.15, 0.2) is 168 Å².